The molecule has 2 N–H and O–H groups in total. The first-order chi connectivity index (χ1) is 27.1. The first-order valence-electron chi connectivity index (χ1n) is 19.8. The maximum absolute atomic E-state index is 14.7. The summed E-state index contributed by atoms with van der Waals surface area (Å²) in [5.41, 5.74) is -1.63. The van der Waals surface area contributed by atoms with Gasteiger partial charge in [-0.25, -0.2) is 17.8 Å². The highest BCUT2D eigenvalue weighted by Gasteiger charge is 2.62. The van der Waals surface area contributed by atoms with Gasteiger partial charge in [0.15, 0.2) is 0 Å². The molecule has 4 aromatic rings. The van der Waals surface area contributed by atoms with Gasteiger partial charge in [-0.05, 0) is 83.6 Å². The zero-order valence-corrected chi connectivity index (χ0v) is 33.8. The van der Waals surface area contributed by atoms with Crippen LogP contribution in [-0.2, 0) is 33.9 Å². The van der Waals surface area contributed by atoms with Crippen molar-refractivity contribution in [1.82, 2.24) is 19.9 Å². The molecule has 15 heteroatoms. The van der Waals surface area contributed by atoms with Crippen LogP contribution in [0.25, 0.3) is 31.1 Å². The van der Waals surface area contributed by atoms with Crippen molar-refractivity contribution in [2.45, 2.75) is 114 Å². The molecule has 2 aliphatic carbocycles. The van der Waals surface area contributed by atoms with Crippen molar-refractivity contribution in [3.05, 3.63) is 60.4 Å². The number of carbonyl (C=O) groups is 4. The number of rotatable bonds is 7. The molecule has 0 spiro atoms. The van der Waals surface area contributed by atoms with Crippen LogP contribution in [0.5, 0.6) is 5.88 Å². The number of ether oxygens (including phenoxy) is 2. The largest absolute Gasteiger partial charge is 0.472 e. The van der Waals surface area contributed by atoms with E-state index in [4.69, 9.17) is 14.5 Å². The number of benzene rings is 2. The molecule has 2 aliphatic heterocycles. The molecule has 3 fully saturated rings. The van der Waals surface area contributed by atoms with Crippen molar-refractivity contribution in [1.29, 1.82) is 0 Å². The summed E-state index contributed by atoms with van der Waals surface area (Å²) in [6.07, 6.45) is 7.47. The van der Waals surface area contributed by atoms with Crippen LogP contribution in [0.1, 0.15) is 85.0 Å². The molecule has 302 valence electrons. The highest BCUT2D eigenvalue weighted by molar-refractivity contribution is 7.91. The fraction of sp³-hybridized carbons (Fsp3) is 0.500. The van der Waals surface area contributed by atoms with E-state index in [-0.39, 0.29) is 31.6 Å². The summed E-state index contributed by atoms with van der Waals surface area (Å²) in [5.74, 6) is -3.60. The summed E-state index contributed by atoms with van der Waals surface area (Å²) in [5, 5.41) is 4.61. The number of thiophene rings is 1. The minimum absolute atomic E-state index is 0.00995. The fourth-order valence-corrected chi connectivity index (χ4v) is 10.8. The third-order valence-electron chi connectivity index (χ3n) is 11.3. The fourth-order valence-electron chi connectivity index (χ4n) is 8.19. The molecule has 2 aromatic carbocycles. The van der Waals surface area contributed by atoms with E-state index in [1.807, 2.05) is 36.4 Å². The van der Waals surface area contributed by atoms with Crippen LogP contribution in [-0.4, -0.2) is 77.1 Å². The molecule has 2 aromatic heterocycles. The molecule has 2 saturated carbocycles. The normalized spacial score (nSPS) is 26.6. The standard InChI is InChI=1S/C42H47FN4O8S2/c1-41(2,3)55-34(48)19-24-11-7-5-4-6-8-12-25-22-42(25,40(51)46-57(52,53)28-16-17-28)45-37(49)32-21-27(23-47(32)39(24)50)54-38-30-14-10-9-13-29(30)36-35(44-38)31-18-15-26(43)20-33(31)56-36/h8-10,12-15,18,20,24-25,27-28,32H,4-7,11,16-17,19,21-23H2,1-3H3,(H,45,49)(H,46,51)/b12-8-/t24-,25-,27-,32+,42-/m1/s1. The van der Waals surface area contributed by atoms with Gasteiger partial charge in [0.1, 0.15) is 29.1 Å². The molecule has 12 nitrogen and oxygen atoms in total. The Balaban J connectivity index is 1.14. The van der Waals surface area contributed by atoms with Gasteiger partial charge < -0.3 is 19.7 Å². The minimum atomic E-state index is -3.91. The van der Waals surface area contributed by atoms with E-state index in [1.165, 1.54) is 28.4 Å². The van der Waals surface area contributed by atoms with Crippen LogP contribution < -0.4 is 14.8 Å². The molecule has 0 bridgehead atoms. The summed E-state index contributed by atoms with van der Waals surface area (Å²) in [6, 6.07) is 11.0. The van der Waals surface area contributed by atoms with E-state index in [9.17, 15) is 32.0 Å². The molecule has 4 heterocycles. The summed E-state index contributed by atoms with van der Waals surface area (Å²) in [6.45, 7) is 5.28. The Morgan fingerprint density at radius 1 is 1.05 bits per heavy atom. The van der Waals surface area contributed by atoms with Crippen molar-refractivity contribution in [3.8, 4) is 5.88 Å². The number of aromatic nitrogens is 1. The quantitative estimate of drug-likeness (QED) is 0.158. The number of hydrogen-bond acceptors (Lipinski definition) is 10. The van der Waals surface area contributed by atoms with E-state index in [0.717, 1.165) is 33.0 Å². The topological polar surface area (TPSA) is 161 Å². The molecule has 0 unspecified atom stereocenters. The second kappa shape index (κ2) is 14.9. The number of halogens is 1. The zero-order chi connectivity index (χ0) is 40.3. The number of allylic oxidation sites excluding steroid dienone is 1. The molecule has 3 amide bonds. The number of amides is 3. The predicted molar refractivity (Wildman–Crippen MR) is 214 cm³/mol. The Morgan fingerprint density at radius 2 is 1.82 bits per heavy atom. The van der Waals surface area contributed by atoms with E-state index in [0.29, 0.717) is 48.9 Å². The van der Waals surface area contributed by atoms with Crippen molar-refractivity contribution in [2.24, 2.45) is 11.8 Å². The van der Waals surface area contributed by atoms with E-state index < -0.39 is 74.1 Å². The number of hydrogen-bond donors (Lipinski definition) is 2. The van der Waals surface area contributed by atoms with Gasteiger partial charge in [0, 0.05) is 39.1 Å². The molecular weight excluding hydrogens is 772 g/mol. The second-order valence-corrected chi connectivity index (χ2v) is 19.9. The molecule has 8 rings (SSSR count). The van der Waals surface area contributed by atoms with Gasteiger partial charge in [0.05, 0.1) is 28.4 Å². The Morgan fingerprint density at radius 3 is 2.58 bits per heavy atom. The first kappa shape index (κ1) is 39.2. The van der Waals surface area contributed by atoms with Gasteiger partial charge >= 0.3 is 5.97 Å². The van der Waals surface area contributed by atoms with E-state index in [1.54, 1.807) is 26.8 Å². The lowest BCUT2D eigenvalue weighted by Gasteiger charge is -2.30. The third kappa shape index (κ3) is 8.09. The number of fused-ring (bicyclic) bond motifs is 7. The molecule has 0 radical (unpaired) electrons. The summed E-state index contributed by atoms with van der Waals surface area (Å²) < 4.78 is 56.2. The number of esters is 1. The van der Waals surface area contributed by atoms with Crippen molar-refractivity contribution in [3.63, 3.8) is 0 Å². The van der Waals surface area contributed by atoms with E-state index >= 15 is 0 Å². The molecular formula is C42H47FN4O8S2. The lowest BCUT2D eigenvalue weighted by molar-refractivity contribution is -0.159. The lowest BCUT2D eigenvalue weighted by Crippen LogP contribution is -2.57. The Labute approximate surface area is 334 Å². The molecule has 5 atom stereocenters. The van der Waals surface area contributed by atoms with Crippen molar-refractivity contribution in [2.75, 3.05) is 6.54 Å². The first-order valence-corrected chi connectivity index (χ1v) is 22.1. The smallest absolute Gasteiger partial charge is 0.307 e. The monoisotopic (exact) mass is 818 g/mol. The average molecular weight is 819 g/mol. The number of carbonyl (C=O) groups excluding carboxylic acids is 4. The van der Waals surface area contributed by atoms with Crippen LogP contribution in [0.2, 0.25) is 0 Å². The van der Waals surface area contributed by atoms with Crippen LogP contribution in [0, 0.1) is 17.7 Å². The Bertz CT molecular complexity index is 2420. The van der Waals surface area contributed by atoms with Crippen LogP contribution in [0.3, 0.4) is 0 Å². The lowest BCUT2D eigenvalue weighted by atomic mass is 9.95. The third-order valence-corrected chi connectivity index (χ3v) is 14.3. The Kier molecular flexibility index (Phi) is 10.3. The molecule has 57 heavy (non-hydrogen) atoms. The van der Waals surface area contributed by atoms with Crippen LogP contribution in [0.15, 0.2) is 54.6 Å². The van der Waals surface area contributed by atoms with Crippen molar-refractivity contribution >= 4 is 76.1 Å². The van der Waals surface area contributed by atoms with Gasteiger partial charge in [-0.2, -0.15) is 0 Å². The zero-order valence-electron chi connectivity index (χ0n) is 32.2. The number of nitrogens with zero attached hydrogens (tertiary/aromatic N) is 2. The van der Waals surface area contributed by atoms with Gasteiger partial charge in [-0.3, -0.25) is 23.9 Å². The summed E-state index contributed by atoms with van der Waals surface area (Å²) in [4.78, 5) is 62.6. The van der Waals surface area contributed by atoms with Crippen molar-refractivity contribution < 1.29 is 41.5 Å². The molecule has 1 saturated heterocycles. The molecule has 4 aliphatic rings. The average Bonchev–Trinajstić information content (AvgIpc) is 4.05. The maximum Gasteiger partial charge on any atom is 0.307 e. The Hall–Kier alpha value is -4.63. The predicted octanol–water partition coefficient (Wildman–Crippen LogP) is 6.44. The van der Waals surface area contributed by atoms with Crippen LogP contribution in [0.4, 0.5) is 4.39 Å². The second-order valence-electron chi connectivity index (χ2n) is 16.9. The number of sulfonamides is 1. The van der Waals surface area contributed by atoms with Gasteiger partial charge in [-0.15, -0.1) is 11.3 Å². The van der Waals surface area contributed by atoms with Gasteiger partial charge in [-0.1, -0.05) is 43.2 Å². The van der Waals surface area contributed by atoms with Gasteiger partial charge in [0.25, 0.3) is 5.91 Å². The summed E-state index contributed by atoms with van der Waals surface area (Å²) >= 11 is 1.44. The maximum atomic E-state index is 14.7. The SMILES string of the molecule is CC(C)(C)OC(=O)C[C@H]1CCCCC/C=C\[C@@H]2C[C@@]2(C(=O)NS(=O)(=O)C2CC2)NC(=O)[C@@H]2C[C@@H](Oc3nc4c5ccc(F)cc5sc4c4ccccc34)CN2C1=O. The highest BCUT2D eigenvalue weighted by Crippen LogP contribution is 2.46. The van der Waals surface area contributed by atoms with Crippen LogP contribution >= 0.6 is 11.3 Å². The van der Waals surface area contributed by atoms with Gasteiger partial charge in [0.2, 0.25) is 27.7 Å². The highest BCUT2D eigenvalue weighted by atomic mass is 32.2. The summed E-state index contributed by atoms with van der Waals surface area (Å²) in [7, 11) is -3.91. The number of pyridine rings is 1. The minimum Gasteiger partial charge on any atom is -0.472 e. The number of nitrogens with one attached hydrogen (secondary N) is 2. The van der Waals surface area contributed by atoms with E-state index in [2.05, 4.69) is 10.0 Å².